The Hall–Kier alpha value is -1.98. The normalized spacial score (nSPS) is 20.6. The third kappa shape index (κ3) is 3.04. The number of hydrogen-bond acceptors (Lipinski definition) is 4. The molecule has 1 aliphatic heterocycles. The first-order valence-electron chi connectivity index (χ1n) is 6.99. The monoisotopic (exact) mass is 286 g/mol. The van der Waals surface area contributed by atoms with Crippen LogP contribution in [0.15, 0.2) is 36.5 Å². The number of aromatic nitrogens is 1. The van der Waals surface area contributed by atoms with Crippen LogP contribution in [0.4, 0.5) is 0 Å². The third-order valence-corrected chi connectivity index (χ3v) is 3.45. The topological polar surface area (TPSA) is 60.5 Å². The highest BCUT2D eigenvalue weighted by atomic mass is 16.7. The van der Waals surface area contributed by atoms with Crippen molar-refractivity contribution in [2.24, 2.45) is 0 Å². The highest BCUT2D eigenvalue weighted by Gasteiger charge is 2.32. The summed E-state index contributed by atoms with van der Waals surface area (Å²) in [5.74, 6) is -0.694. The molecule has 1 N–H and O–H groups in total. The molecule has 1 unspecified atom stereocenters. The van der Waals surface area contributed by atoms with Crippen molar-refractivity contribution in [3.05, 3.63) is 42.1 Å². The molecular weight excluding hydrogens is 268 g/mol. The van der Waals surface area contributed by atoms with Crippen LogP contribution in [0.3, 0.4) is 0 Å². The standard InChI is InChI=1S/C16H18N2O3/c1-16(2)20-10-11(21-16)9-18-15(19)13-5-3-7-14-12(13)6-4-8-17-14/h3-8,11H,9-10H2,1-2H3,(H,18,19). The lowest BCUT2D eigenvalue weighted by atomic mass is 10.1. The first-order valence-corrected chi connectivity index (χ1v) is 6.99. The molecule has 1 amide bonds. The van der Waals surface area contributed by atoms with E-state index in [4.69, 9.17) is 9.47 Å². The van der Waals surface area contributed by atoms with E-state index in [1.807, 2.05) is 38.1 Å². The van der Waals surface area contributed by atoms with E-state index in [-0.39, 0.29) is 12.0 Å². The number of ether oxygens (including phenoxy) is 2. The fraction of sp³-hybridized carbons (Fsp3) is 0.375. The van der Waals surface area contributed by atoms with Gasteiger partial charge in [-0.3, -0.25) is 9.78 Å². The molecule has 1 aliphatic rings. The van der Waals surface area contributed by atoms with Gasteiger partial charge in [-0.2, -0.15) is 0 Å². The summed E-state index contributed by atoms with van der Waals surface area (Å²) in [5, 5.41) is 3.75. The van der Waals surface area contributed by atoms with Crippen molar-refractivity contribution in [3.63, 3.8) is 0 Å². The molecule has 0 bridgehead atoms. The Morgan fingerprint density at radius 1 is 1.38 bits per heavy atom. The number of pyridine rings is 1. The van der Waals surface area contributed by atoms with E-state index in [0.717, 1.165) is 10.9 Å². The maximum Gasteiger partial charge on any atom is 0.252 e. The van der Waals surface area contributed by atoms with Crippen LogP contribution >= 0.6 is 0 Å². The first kappa shape index (κ1) is 14.0. The zero-order valence-corrected chi connectivity index (χ0v) is 12.1. The maximum absolute atomic E-state index is 12.3. The molecule has 0 radical (unpaired) electrons. The summed E-state index contributed by atoms with van der Waals surface area (Å²) in [6.07, 6.45) is 1.60. The lowest BCUT2D eigenvalue weighted by molar-refractivity contribution is -0.137. The average Bonchev–Trinajstić information content (AvgIpc) is 2.83. The zero-order chi connectivity index (χ0) is 14.9. The minimum atomic E-state index is -0.571. The molecule has 5 nitrogen and oxygen atoms in total. The first-order chi connectivity index (χ1) is 10.1. The number of hydrogen-bond donors (Lipinski definition) is 1. The van der Waals surface area contributed by atoms with Crippen LogP contribution in [0.5, 0.6) is 0 Å². The summed E-state index contributed by atoms with van der Waals surface area (Å²) in [4.78, 5) is 16.6. The molecule has 1 aromatic carbocycles. The second-order valence-corrected chi connectivity index (χ2v) is 5.54. The van der Waals surface area contributed by atoms with E-state index in [2.05, 4.69) is 10.3 Å². The minimum absolute atomic E-state index is 0.114. The Bertz CT molecular complexity index is 664. The highest BCUT2D eigenvalue weighted by Crippen LogP contribution is 2.22. The summed E-state index contributed by atoms with van der Waals surface area (Å²) in [5.41, 5.74) is 1.44. The van der Waals surface area contributed by atoms with Crippen LogP contribution in [0.1, 0.15) is 24.2 Å². The molecule has 1 fully saturated rings. The van der Waals surface area contributed by atoms with Crippen molar-refractivity contribution in [1.82, 2.24) is 10.3 Å². The van der Waals surface area contributed by atoms with Crippen LogP contribution in [-0.2, 0) is 9.47 Å². The third-order valence-electron chi connectivity index (χ3n) is 3.45. The zero-order valence-electron chi connectivity index (χ0n) is 12.1. The quantitative estimate of drug-likeness (QED) is 0.939. The minimum Gasteiger partial charge on any atom is -0.349 e. The average molecular weight is 286 g/mol. The second-order valence-electron chi connectivity index (χ2n) is 5.54. The predicted octanol–water partition coefficient (Wildman–Crippen LogP) is 2.12. The fourth-order valence-corrected chi connectivity index (χ4v) is 2.47. The molecule has 110 valence electrons. The number of rotatable bonds is 3. The van der Waals surface area contributed by atoms with Gasteiger partial charge in [-0.05, 0) is 32.0 Å². The number of amides is 1. The molecule has 1 saturated heterocycles. The van der Waals surface area contributed by atoms with E-state index in [0.29, 0.717) is 18.7 Å². The summed E-state index contributed by atoms with van der Waals surface area (Å²) >= 11 is 0. The summed E-state index contributed by atoms with van der Waals surface area (Å²) < 4.78 is 11.2. The van der Waals surface area contributed by atoms with Crippen LogP contribution in [0.2, 0.25) is 0 Å². The van der Waals surface area contributed by atoms with Crippen molar-refractivity contribution in [2.75, 3.05) is 13.2 Å². The van der Waals surface area contributed by atoms with E-state index < -0.39 is 5.79 Å². The molecule has 0 saturated carbocycles. The van der Waals surface area contributed by atoms with Gasteiger partial charge in [0, 0.05) is 23.7 Å². The van der Waals surface area contributed by atoms with Gasteiger partial charge in [-0.15, -0.1) is 0 Å². The Kier molecular flexibility index (Phi) is 3.61. The largest absolute Gasteiger partial charge is 0.349 e. The number of nitrogens with one attached hydrogen (secondary N) is 1. The Balaban J connectivity index is 1.70. The van der Waals surface area contributed by atoms with Gasteiger partial charge in [-0.25, -0.2) is 0 Å². The van der Waals surface area contributed by atoms with Crippen molar-refractivity contribution in [2.45, 2.75) is 25.7 Å². The van der Waals surface area contributed by atoms with Gasteiger partial charge >= 0.3 is 0 Å². The molecule has 2 aromatic rings. The lowest BCUT2D eigenvalue weighted by Gasteiger charge is -2.17. The van der Waals surface area contributed by atoms with E-state index in [9.17, 15) is 4.79 Å². The molecule has 0 aliphatic carbocycles. The van der Waals surface area contributed by atoms with Gasteiger partial charge in [0.25, 0.3) is 5.91 Å². The molecule has 0 spiro atoms. The van der Waals surface area contributed by atoms with Crippen LogP contribution < -0.4 is 5.32 Å². The number of fused-ring (bicyclic) bond motifs is 1. The Morgan fingerprint density at radius 2 is 2.24 bits per heavy atom. The summed E-state index contributed by atoms with van der Waals surface area (Å²) in [6, 6.07) is 9.26. The van der Waals surface area contributed by atoms with Crippen LogP contribution in [0.25, 0.3) is 10.9 Å². The SMILES string of the molecule is CC1(C)OCC(CNC(=O)c2cccc3ncccc23)O1. The van der Waals surface area contributed by atoms with Gasteiger partial charge < -0.3 is 14.8 Å². The lowest BCUT2D eigenvalue weighted by Crippen LogP contribution is -2.34. The van der Waals surface area contributed by atoms with Gasteiger partial charge in [0.2, 0.25) is 0 Å². The van der Waals surface area contributed by atoms with Crippen molar-refractivity contribution in [3.8, 4) is 0 Å². The van der Waals surface area contributed by atoms with Gasteiger partial charge in [0.05, 0.1) is 12.1 Å². The van der Waals surface area contributed by atoms with Gasteiger partial charge in [0.15, 0.2) is 5.79 Å². The van der Waals surface area contributed by atoms with E-state index >= 15 is 0 Å². The Morgan fingerprint density at radius 3 is 3.00 bits per heavy atom. The summed E-state index contributed by atoms with van der Waals surface area (Å²) in [6.45, 7) is 4.65. The van der Waals surface area contributed by atoms with E-state index in [1.165, 1.54) is 0 Å². The van der Waals surface area contributed by atoms with Crippen molar-refractivity contribution < 1.29 is 14.3 Å². The van der Waals surface area contributed by atoms with Gasteiger partial charge in [-0.1, -0.05) is 12.1 Å². The predicted molar refractivity (Wildman–Crippen MR) is 79.0 cm³/mol. The summed E-state index contributed by atoms with van der Waals surface area (Å²) in [7, 11) is 0. The van der Waals surface area contributed by atoms with Crippen LogP contribution in [0, 0.1) is 0 Å². The molecule has 1 aromatic heterocycles. The van der Waals surface area contributed by atoms with Gasteiger partial charge in [0.1, 0.15) is 6.10 Å². The number of carbonyl (C=O) groups is 1. The smallest absolute Gasteiger partial charge is 0.252 e. The number of carbonyl (C=O) groups excluding carboxylic acids is 1. The van der Waals surface area contributed by atoms with Crippen LogP contribution in [-0.4, -0.2) is 35.9 Å². The molecule has 2 heterocycles. The molecule has 1 atom stereocenters. The molecule has 5 heteroatoms. The Labute approximate surface area is 123 Å². The highest BCUT2D eigenvalue weighted by molar-refractivity contribution is 6.06. The maximum atomic E-state index is 12.3. The number of benzene rings is 1. The number of nitrogens with zero attached hydrogens (tertiary/aromatic N) is 1. The molecular formula is C16H18N2O3. The molecule has 21 heavy (non-hydrogen) atoms. The van der Waals surface area contributed by atoms with Crippen molar-refractivity contribution >= 4 is 16.8 Å². The molecule has 3 rings (SSSR count). The fourth-order valence-electron chi connectivity index (χ4n) is 2.47. The van der Waals surface area contributed by atoms with E-state index in [1.54, 1.807) is 12.3 Å². The van der Waals surface area contributed by atoms with Crippen molar-refractivity contribution in [1.29, 1.82) is 0 Å². The second kappa shape index (κ2) is 5.42.